The molecule has 31 heavy (non-hydrogen) atoms. The number of rotatable bonds is 5. The molecule has 1 aliphatic rings. The molecule has 4 rings (SSSR count). The fourth-order valence-corrected chi connectivity index (χ4v) is 4.04. The third-order valence-corrected chi connectivity index (χ3v) is 5.53. The summed E-state index contributed by atoms with van der Waals surface area (Å²) in [7, 11) is 1.38. The Morgan fingerprint density at radius 1 is 1.13 bits per heavy atom. The fraction of sp³-hybridized carbons (Fsp3) is 0.227. The number of carbonyl (C=O) groups excluding carboxylic acids is 1. The van der Waals surface area contributed by atoms with Gasteiger partial charge in [-0.05, 0) is 24.3 Å². The highest BCUT2D eigenvalue weighted by molar-refractivity contribution is 6.34. The number of benzene rings is 2. The Morgan fingerprint density at radius 3 is 2.61 bits per heavy atom. The molecule has 1 saturated heterocycles. The second kappa shape index (κ2) is 8.85. The van der Waals surface area contributed by atoms with Crippen molar-refractivity contribution >= 4 is 34.6 Å². The predicted molar refractivity (Wildman–Crippen MR) is 115 cm³/mol. The van der Waals surface area contributed by atoms with Gasteiger partial charge in [-0.2, -0.15) is 0 Å². The van der Waals surface area contributed by atoms with E-state index in [2.05, 4.69) is 9.97 Å². The first kappa shape index (κ1) is 21.0. The quantitative estimate of drug-likeness (QED) is 0.437. The van der Waals surface area contributed by atoms with Gasteiger partial charge >= 0.3 is 0 Å². The number of anilines is 1. The van der Waals surface area contributed by atoms with Gasteiger partial charge in [0.1, 0.15) is 35.5 Å². The molecule has 0 saturated carbocycles. The molecule has 9 heteroatoms. The van der Waals surface area contributed by atoms with E-state index in [1.807, 2.05) is 9.80 Å². The van der Waals surface area contributed by atoms with Gasteiger partial charge in [0.2, 0.25) is 0 Å². The fourth-order valence-electron chi connectivity index (χ4n) is 3.75. The molecule has 0 N–H and O–H groups in total. The van der Waals surface area contributed by atoms with Gasteiger partial charge in [-0.15, -0.1) is 0 Å². The second-order valence-corrected chi connectivity index (χ2v) is 7.37. The lowest BCUT2D eigenvalue weighted by Gasteiger charge is -2.35. The number of hydrogen-bond donors (Lipinski definition) is 0. The molecule has 2 heterocycles. The number of methoxy groups -OCH3 is 1. The number of piperazine rings is 1. The van der Waals surface area contributed by atoms with Crippen molar-refractivity contribution in [2.45, 2.75) is 0 Å². The number of halogens is 3. The molecule has 0 atom stereocenters. The molecule has 0 radical (unpaired) electrons. The first-order valence-electron chi connectivity index (χ1n) is 9.61. The van der Waals surface area contributed by atoms with Crippen molar-refractivity contribution in [3.63, 3.8) is 0 Å². The lowest BCUT2D eigenvalue weighted by atomic mass is 10.0. The minimum absolute atomic E-state index is 0.0389. The summed E-state index contributed by atoms with van der Waals surface area (Å²) < 4.78 is 35.4. The third kappa shape index (κ3) is 3.90. The standard InChI is InChI=1S/C22H19ClF2N4O2/c1-31-17-5-2-4-16(24)19(17)18-15(23)12-14-21(20(18)25)26-13-27-22(14)29-9-7-28(8-10-29)6-3-11-30/h2-6,11-13H,7-10H2,1H3. The van der Waals surface area contributed by atoms with E-state index in [4.69, 9.17) is 16.3 Å². The van der Waals surface area contributed by atoms with Crippen LogP contribution in [0.3, 0.4) is 0 Å². The lowest BCUT2D eigenvalue weighted by molar-refractivity contribution is -0.104. The van der Waals surface area contributed by atoms with E-state index in [9.17, 15) is 9.18 Å². The molecule has 3 aromatic rings. The highest BCUT2D eigenvalue weighted by Gasteiger charge is 2.25. The average molecular weight is 445 g/mol. The van der Waals surface area contributed by atoms with Crippen LogP contribution in [0, 0.1) is 11.6 Å². The van der Waals surface area contributed by atoms with E-state index in [1.165, 1.54) is 31.6 Å². The molecule has 0 amide bonds. The van der Waals surface area contributed by atoms with Crippen LogP contribution >= 0.6 is 11.6 Å². The molecule has 0 aliphatic carbocycles. The molecule has 1 fully saturated rings. The van der Waals surface area contributed by atoms with Gasteiger partial charge in [0.25, 0.3) is 0 Å². The monoisotopic (exact) mass is 444 g/mol. The molecule has 160 valence electrons. The number of allylic oxidation sites excluding steroid dienone is 1. The van der Waals surface area contributed by atoms with Crippen LogP contribution in [0.15, 0.2) is 42.9 Å². The zero-order chi connectivity index (χ0) is 22.0. The van der Waals surface area contributed by atoms with Crippen molar-refractivity contribution in [1.82, 2.24) is 14.9 Å². The van der Waals surface area contributed by atoms with Crippen molar-refractivity contribution in [1.29, 1.82) is 0 Å². The summed E-state index contributed by atoms with van der Waals surface area (Å²) in [6, 6.07) is 5.81. The molecule has 0 bridgehead atoms. The summed E-state index contributed by atoms with van der Waals surface area (Å²) in [6.07, 6.45) is 5.21. The van der Waals surface area contributed by atoms with Gasteiger partial charge in [0.15, 0.2) is 5.82 Å². The summed E-state index contributed by atoms with van der Waals surface area (Å²) >= 11 is 6.45. The van der Waals surface area contributed by atoms with E-state index in [1.54, 1.807) is 18.3 Å². The number of aldehydes is 1. The van der Waals surface area contributed by atoms with Gasteiger partial charge in [-0.1, -0.05) is 17.7 Å². The van der Waals surface area contributed by atoms with E-state index in [0.29, 0.717) is 37.4 Å². The zero-order valence-corrected chi connectivity index (χ0v) is 17.4. The van der Waals surface area contributed by atoms with Gasteiger partial charge in [-0.3, -0.25) is 4.79 Å². The Labute approximate surface area is 182 Å². The van der Waals surface area contributed by atoms with Gasteiger partial charge in [-0.25, -0.2) is 18.7 Å². The number of ether oxygens (including phenoxy) is 1. The van der Waals surface area contributed by atoms with E-state index in [-0.39, 0.29) is 27.4 Å². The van der Waals surface area contributed by atoms with E-state index in [0.717, 1.165) is 6.29 Å². The number of hydrogen-bond acceptors (Lipinski definition) is 6. The van der Waals surface area contributed by atoms with Gasteiger partial charge < -0.3 is 14.5 Å². The number of aromatic nitrogens is 2. The summed E-state index contributed by atoms with van der Waals surface area (Å²) in [5, 5.41) is 0.484. The lowest BCUT2D eigenvalue weighted by Crippen LogP contribution is -2.44. The van der Waals surface area contributed by atoms with Crippen molar-refractivity contribution in [2.75, 3.05) is 38.2 Å². The SMILES string of the molecule is COc1cccc(F)c1-c1c(Cl)cc2c(N3CCN(C=CC=O)CC3)ncnc2c1F. The number of carbonyl (C=O) groups is 1. The zero-order valence-electron chi connectivity index (χ0n) is 16.7. The second-order valence-electron chi connectivity index (χ2n) is 6.96. The maximum absolute atomic E-state index is 15.6. The average Bonchev–Trinajstić information content (AvgIpc) is 2.78. The van der Waals surface area contributed by atoms with E-state index >= 15 is 4.39 Å². The van der Waals surface area contributed by atoms with E-state index < -0.39 is 11.6 Å². The van der Waals surface area contributed by atoms with Crippen LogP contribution in [-0.2, 0) is 4.79 Å². The van der Waals surface area contributed by atoms with Crippen molar-refractivity contribution < 1.29 is 18.3 Å². The molecular weight excluding hydrogens is 426 g/mol. The van der Waals surface area contributed by atoms with Crippen molar-refractivity contribution in [3.8, 4) is 16.9 Å². The Morgan fingerprint density at radius 2 is 1.90 bits per heavy atom. The molecule has 6 nitrogen and oxygen atoms in total. The highest BCUT2D eigenvalue weighted by atomic mass is 35.5. The Bertz CT molecular complexity index is 1160. The first-order valence-corrected chi connectivity index (χ1v) is 9.99. The maximum atomic E-state index is 15.6. The van der Waals surface area contributed by atoms with Crippen LogP contribution in [0.1, 0.15) is 0 Å². The van der Waals surface area contributed by atoms with Gasteiger partial charge in [0, 0.05) is 43.3 Å². The smallest absolute Gasteiger partial charge is 0.159 e. The molecular formula is C22H19ClF2N4O2. The van der Waals surface area contributed by atoms with Crippen LogP contribution in [0.2, 0.25) is 5.02 Å². The Hall–Kier alpha value is -3.26. The molecule has 0 unspecified atom stereocenters. The highest BCUT2D eigenvalue weighted by Crippen LogP contribution is 2.42. The Balaban J connectivity index is 1.78. The minimum Gasteiger partial charge on any atom is -0.496 e. The van der Waals surface area contributed by atoms with Gasteiger partial charge in [0.05, 0.1) is 17.7 Å². The summed E-state index contributed by atoms with van der Waals surface area (Å²) in [5.41, 5.74) is -0.0966. The molecule has 1 aromatic heterocycles. The topological polar surface area (TPSA) is 58.6 Å². The van der Waals surface area contributed by atoms with Crippen LogP contribution in [0.5, 0.6) is 5.75 Å². The predicted octanol–water partition coefficient (Wildman–Crippen LogP) is 4.07. The Kier molecular flexibility index (Phi) is 5.99. The largest absolute Gasteiger partial charge is 0.496 e. The first-order chi connectivity index (χ1) is 15.0. The summed E-state index contributed by atoms with van der Waals surface area (Å²) in [6.45, 7) is 2.60. The van der Waals surface area contributed by atoms with Crippen LogP contribution in [0.4, 0.5) is 14.6 Å². The number of fused-ring (bicyclic) bond motifs is 1. The molecule has 2 aromatic carbocycles. The van der Waals surface area contributed by atoms with Crippen LogP contribution < -0.4 is 9.64 Å². The molecule has 0 spiro atoms. The van der Waals surface area contributed by atoms with Crippen LogP contribution in [-0.4, -0.2) is 54.4 Å². The minimum atomic E-state index is -0.734. The number of nitrogens with zero attached hydrogens (tertiary/aromatic N) is 4. The summed E-state index contributed by atoms with van der Waals surface area (Å²) in [5.74, 6) is -0.652. The maximum Gasteiger partial charge on any atom is 0.159 e. The normalized spacial score (nSPS) is 14.5. The van der Waals surface area contributed by atoms with Crippen LogP contribution in [0.25, 0.3) is 22.0 Å². The van der Waals surface area contributed by atoms with Crippen molar-refractivity contribution in [3.05, 3.63) is 59.5 Å². The van der Waals surface area contributed by atoms with Crippen molar-refractivity contribution in [2.24, 2.45) is 0 Å². The summed E-state index contributed by atoms with van der Waals surface area (Å²) in [4.78, 5) is 23.0. The third-order valence-electron chi connectivity index (χ3n) is 5.23. The molecule has 1 aliphatic heterocycles.